The number of primary sulfonamides is 1. The summed E-state index contributed by atoms with van der Waals surface area (Å²) in [5.74, 6) is -1.31. The lowest BCUT2D eigenvalue weighted by atomic mass is 10.2. The molecule has 112 valence electrons. The molecule has 1 heterocycles. The number of hydrogen-bond acceptors (Lipinski definition) is 5. The molecule has 0 spiro atoms. The van der Waals surface area contributed by atoms with Crippen molar-refractivity contribution >= 4 is 31.8 Å². The van der Waals surface area contributed by atoms with Gasteiger partial charge in [-0.05, 0) is 38.5 Å². The van der Waals surface area contributed by atoms with Crippen LogP contribution in [0.25, 0.3) is 0 Å². The van der Waals surface area contributed by atoms with E-state index in [2.05, 4.69) is 21.0 Å². The highest BCUT2D eigenvalue weighted by atomic mass is 79.9. The van der Waals surface area contributed by atoms with E-state index in [9.17, 15) is 22.9 Å². The first-order valence-electron chi connectivity index (χ1n) is 5.37. The fourth-order valence-corrected chi connectivity index (χ4v) is 2.69. The molecule has 0 unspecified atom stereocenters. The van der Waals surface area contributed by atoms with Crippen molar-refractivity contribution in [3.05, 3.63) is 50.4 Å². The molecular formula is C10H8BrFN4O4S. The third-order valence-electron chi connectivity index (χ3n) is 2.52. The van der Waals surface area contributed by atoms with Gasteiger partial charge in [0.05, 0.1) is 22.3 Å². The number of nitrogens with two attached hydrogens (primary N) is 1. The predicted octanol–water partition coefficient (Wildman–Crippen LogP) is 1.39. The van der Waals surface area contributed by atoms with Crippen molar-refractivity contribution in [1.29, 1.82) is 0 Å². The van der Waals surface area contributed by atoms with Gasteiger partial charge < -0.3 is 10.1 Å². The number of halogens is 2. The van der Waals surface area contributed by atoms with E-state index < -0.39 is 31.5 Å². The lowest BCUT2D eigenvalue weighted by molar-refractivity contribution is -0.392. The van der Waals surface area contributed by atoms with Crippen molar-refractivity contribution in [3.8, 4) is 0 Å². The molecule has 0 saturated carbocycles. The summed E-state index contributed by atoms with van der Waals surface area (Å²) in [4.78, 5) is 9.18. The molecule has 2 aromatic rings. The van der Waals surface area contributed by atoms with Crippen molar-refractivity contribution in [2.24, 2.45) is 5.14 Å². The van der Waals surface area contributed by atoms with Crippen LogP contribution in [0.15, 0.2) is 33.8 Å². The monoisotopic (exact) mass is 378 g/mol. The van der Waals surface area contributed by atoms with Crippen molar-refractivity contribution in [3.63, 3.8) is 0 Å². The molecule has 0 atom stereocenters. The van der Waals surface area contributed by atoms with Gasteiger partial charge >= 0.3 is 5.82 Å². The molecule has 8 nitrogen and oxygen atoms in total. The molecule has 2 N–H and O–H groups in total. The number of nitro groups is 1. The first kappa shape index (κ1) is 15.5. The van der Waals surface area contributed by atoms with E-state index in [0.717, 1.165) is 10.9 Å². The SMILES string of the molecule is NS(=O)(=O)c1cn(Cc2ccc(F)c(Br)c2)nc1[N+](=O)[O-]. The molecule has 0 fully saturated rings. The summed E-state index contributed by atoms with van der Waals surface area (Å²) in [5, 5.41) is 19.3. The van der Waals surface area contributed by atoms with Crippen LogP contribution in [0.2, 0.25) is 0 Å². The Balaban J connectivity index is 2.41. The van der Waals surface area contributed by atoms with Crippen LogP contribution < -0.4 is 5.14 Å². The van der Waals surface area contributed by atoms with Crippen molar-refractivity contribution in [1.82, 2.24) is 9.78 Å². The first-order valence-corrected chi connectivity index (χ1v) is 7.71. The van der Waals surface area contributed by atoms with Gasteiger partial charge in [0.15, 0.2) is 0 Å². The number of nitrogens with zero attached hydrogens (tertiary/aromatic N) is 3. The van der Waals surface area contributed by atoms with Crippen LogP contribution >= 0.6 is 15.9 Å². The van der Waals surface area contributed by atoms with Gasteiger partial charge in [-0.1, -0.05) is 6.07 Å². The predicted molar refractivity (Wildman–Crippen MR) is 73.5 cm³/mol. The molecule has 0 aliphatic carbocycles. The number of rotatable bonds is 4. The molecule has 21 heavy (non-hydrogen) atoms. The number of hydrogen-bond donors (Lipinski definition) is 1. The molecule has 0 amide bonds. The van der Waals surface area contributed by atoms with Gasteiger partial charge in [0, 0.05) is 0 Å². The molecule has 0 radical (unpaired) electrons. The van der Waals surface area contributed by atoms with Crippen LogP contribution in [-0.4, -0.2) is 23.1 Å². The summed E-state index contributed by atoms with van der Waals surface area (Å²) in [6.45, 7) is 0.0231. The van der Waals surface area contributed by atoms with Gasteiger partial charge in [0.1, 0.15) is 5.82 Å². The minimum absolute atomic E-state index is 0.0231. The van der Waals surface area contributed by atoms with Crippen LogP contribution in [-0.2, 0) is 16.6 Å². The molecule has 1 aromatic carbocycles. The summed E-state index contributed by atoms with van der Waals surface area (Å²) < 4.78 is 37.0. The van der Waals surface area contributed by atoms with Gasteiger partial charge in [0.25, 0.3) is 0 Å². The molecule has 1 aromatic heterocycles. The van der Waals surface area contributed by atoms with Gasteiger partial charge in [0.2, 0.25) is 14.9 Å². The van der Waals surface area contributed by atoms with E-state index in [0.29, 0.717) is 5.56 Å². The minimum atomic E-state index is -4.26. The fraction of sp³-hybridized carbons (Fsp3) is 0.100. The molecule has 0 saturated heterocycles. The van der Waals surface area contributed by atoms with Crippen molar-refractivity contribution in [2.45, 2.75) is 11.4 Å². The number of aromatic nitrogens is 2. The summed E-state index contributed by atoms with van der Waals surface area (Å²) in [7, 11) is -4.26. The maximum absolute atomic E-state index is 13.1. The normalized spacial score (nSPS) is 11.6. The van der Waals surface area contributed by atoms with Gasteiger partial charge in [-0.25, -0.2) is 17.9 Å². The second-order valence-electron chi connectivity index (χ2n) is 4.07. The molecule has 2 rings (SSSR count). The van der Waals surface area contributed by atoms with E-state index in [1.807, 2.05) is 0 Å². The van der Waals surface area contributed by atoms with E-state index in [4.69, 9.17) is 5.14 Å². The number of benzene rings is 1. The lowest BCUT2D eigenvalue weighted by Crippen LogP contribution is -2.13. The quantitative estimate of drug-likeness (QED) is 0.636. The molecule has 0 aliphatic heterocycles. The highest BCUT2D eigenvalue weighted by Gasteiger charge is 2.28. The first-order chi connectivity index (χ1) is 9.68. The molecule has 0 bridgehead atoms. The third kappa shape index (κ3) is 3.43. The second kappa shape index (κ2) is 5.50. The Bertz CT molecular complexity index is 820. The van der Waals surface area contributed by atoms with Crippen LogP contribution in [0.5, 0.6) is 0 Å². The Morgan fingerprint density at radius 2 is 2.14 bits per heavy atom. The zero-order valence-electron chi connectivity index (χ0n) is 10.2. The summed E-state index contributed by atoms with van der Waals surface area (Å²) in [6.07, 6.45) is 0.963. The van der Waals surface area contributed by atoms with Gasteiger partial charge in [-0.15, -0.1) is 0 Å². The Morgan fingerprint density at radius 3 is 2.62 bits per heavy atom. The standard InChI is InChI=1S/C10H8BrFN4O4S/c11-7-3-6(1-2-8(7)12)4-15-5-9(21(13,19)20)10(14-15)16(17)18/h1-3,5H,4H2,(H2,13,19,20). The molecule has 0 aliphatic rings. The lowest BCUT2D eigenvalue weighted by Gasteiger charge is -2.00. The topological polar surface area (TPSA) is 121 Å². The number of sulfonamides is 1. The van der Waals surface area contributed by atoms with E-state index >= 15 is 0 Å². The van der Waals surface area contributed by atoms with Crippen LogP contribution in [0.3, 0.4) is 0 Å². The Kier molecular flexibility index (Phi) is 4.07. The highest BCUT2D eigenvalue weighted by molar-refractivity contribution is 9.10. The maximum atomic E-state index is 13.1. The van der Waals surface area contributed by atoms with Crippen molar-refractivity contribution < 1.29 is 17.7 Å². The Morgan fingerprint density at radius 1 is 1.48 bits per heavy atom. The van der Waals surface area contributed by atoms with Crippen LogP contribution in [0.4, 0.5) is 10.2 Å². The van der Waals surface area contributed by atoms with Gasteiger partial charge in [-0.2, -0.15) is 4.68 Å². The average Bonchev–Trinajstić information content (AvgIpc) is 2.78. The Labute approximate surface area is 126 Å². The van der Waals surface area contributed by atoms with E-state index in [1.54, 1.807) is 0 Å². The average molecular weight is 379 g/mol. The van der Waals surface area contributed by atoms with Crippen molar-refractivity contribution in [2.75, 3.05) is 0 Å². The summed E-state index contributed by atoms with van der Waals surface area (Å²) in [6, 6.07) is 4.11. The smallest absolute Gasteiger partial charge is 0.358 e. The Hall–Kier alpha value is -1.85. The maximum Gasteiger partial charge on any atom is 0.410 e. The zero-order valence-corrected chi connectivity index (χ0v) is 12.6. The fourth-order valence-electron chi connectivity index (χ4n) is 1.63. The minimum Gasteiger partial charge on any atom is -0.358 e. The van der Waals surface area contributed by atoms with E-state index in [-0.39, 0.29) is 11.0 Å². The largest absolute Gasteiger partial charge is 0.410 e. The zero-order chi connectivity index (χ0) is 15.8. The summed E-state index contributed by atoms with van der Waals surface area (Å²) >= 11 is 3.01. The van der Waals surface area contributed by atoms with E-state index in [1.165, 1.54) is 18.2 Å². The molecule has 11 heteroatoms. The summed E-state index contributed by atoms with van der Waals surface area (Å²) in [5.41, 5.74) is 0.571. The van der Waals surface area contributed by atoms with Gasteiger partial charge in [-0.3, -0.25) is 0 Å². The van der Waals surface area contributed by atoms with Crippen LogP contribution in [0, 0.1) is 15.9 Å². The third-order valence-corrected chi connectivity index (χ3v) is 4.03. The molecular weight excluding hydrogens is 371 g/mol. The second-order valence-corrected chi connectivity index (χ2v) is 6.45. The van der Waals surface area contributed by atoms with Crippen LogP contribution in [0.1, 0.15) is 5.56 Å². The highest BCUT2D eigenvalue weighted by Crippen LogP contribution is 2.22.